The van der Waals surface area contributed by atoms with Crippen LogP contribution in [0.3, 0.4) is 0 Å². The van der Waals surface area contributed by atoms with E-state index in [0.717, 1.165) is 72.5 Å². The summed E-state index contributed by atoms with van der Waals surface area (Å²) in [5.74, 6) is 1.22. The highest BCUT2D eigenvalue weighted by Gasteiger charge is 2.42. The van der Waals surface area contributed by atoms with E-state index in [1.165, 1.54) is 11.1 Å². The van der Waals surface area contributed by atoms with Gasteiger partial charge in [-0.1, -0.05) is 59.2 Å². The van der Waals surface area contributed by atoms with Gasteiger partial charge in [-0.05, 0) is 72.0 Å². The molecule has 2 aromatic rings. The van der Waals surface area contributed by atoms with E-state index in [4.69, 9.17) is 4.74 Å². The molecule has 2 aliphatic carbocycles. The molecule has 0 fully saturated rings. The first-order valence-electron chi connectivity index (χ1n) is 13.2. The van der Waals surface area contributed by atoms with Gasteiger partial charge in [0, 0.05) is 35.9 Å². The van der Waals surface area contributed by atoms with Crippen molar-refractivity contribution in [1.29, 1.82) is 0 Å². The molecule has 4 heteroatoms. The zero-order valence-corrected chi connectivity index (χ0v) is 22.0. The lowest BCUT2D eigenvalue weighted by Gasteiger charge is -2.34. The first-order valence-corrected chi connectivity index (χ1v) is 13.2. The standard InChI is InChI=1S/C31H39NO3/c1-6-9-10-23(33)18-21-11-13-25-22(17-21)19-28-29(25)30(34)26-14-12-24(20-27(26)31(28,4)5)35-16-15-32(7-2)8-3/h11-14,17,20H,6-10,15-16,18-19H2,1-5H3. The number of fused-ring (bicyclic) bond motifs is 3. The fraction of sp³-hybridized carbons (Fsp3) is 0.484. The molecular formula is C31H39NO3. The number of carbonyl (C=O) groups excluding carboxylic acids is 2. The van der Waals surface area contributed by atoms with Crippen LogP contribution in [0.4, 0.5) is 0 Å². The number of nitrogens with zero attached hydrogens (tertiary/aromatic N) is 1. The van der Waals surface area contributed by atoms with Crippen LogP contribution in [0.15, 0.2) is 42.0 Å². The molecule has 0 amide bonds. The summed E-state index contributed by atoms with van der Waals surface area (Å²) in [6.07, 6.45) is 3.85. The number of ether oxygens (including phenoxy) is 1. The predicted octanol–water partition coefficient (Wildman–Crippen LogP) is 6.19. The fourth-order valence-corrected chi connectivity index (χ4v) is 5.53. The van der Waals surface area contributed by atoms with Crippen LogP contribution in [-0.2, 0) is 23.1 Å². The van der Waals surface area contributed by atoms with Crippen LogP contribution in [0.25, 0.3) is 5.57 Å². The Labute approximate surface area is 210 Å². The zero-order chi connectivity index (χ0) is 25.2. The number of likely N-dealkylation sites (N-methyl/N-ethyl adjacent to an activating group) is 1. The van der Waals surface area contributed by atoms with Gasteiger partial charge >= 0.3 is 0 Å². The molecule has 0 aromatic heterocycles. The van der Waals surface area contributed by atoms with Gasteiger partial charge in [0.15, 0.2) is 5.78 Å². The summed E-state index contributed by atoms with van der Waals surface area (Å²) in [6.45, 7) is 14.4. The normalized spacial score (nSPS) is 15.8. The van der Waals surface area contributed by atoms with Gasteiger partial charge in [0.25, 0.3) is 0 Å². The van der Waals surface area contributed by atoms with Crippen LogP contribution in [0.2, 0.25) is 0 Å². The lowest BCUT2D eigenvalue weighted by molar-refractivity contribution is -0.118. The van der Waals surface area contributed by atoms with Gasteiger partial charge in [0.05, 0.1) is 0 Å². The number of hydrogen-bond donors (Lipinski definition) is 0. The van der Waals surface area contributed by atoms with E-state index in [1.54, 1.807) is 0 Å². The van der Waals surface area contributed by atoms with Gasteiger partial charge in [-0.15, -0.1) is 0 Å². The van der Waals surface area contributed by atoms with E-state index in [-0.39, 0.29) is 11.2 Å². The van der Waals surface area contributed by atoms with Crippen molar-refractivity contribution in [3.05, 3.63) is 69.8 Å². The van der Waals surface area contributed by atoms with Gasteiger partial charge in [-0.3, -0.25) is 9.59 Å². The number of allylic oxidation sites excluding steroid dienone is 2. The number of unbranched alkanes of at least 4 members (excludes halogenated alkanes) is 1. The lowest BCUT2D eigenvalue weighted by atomic mass is 9.68. The molecule has 0 bridgehead atoms. The number of Topliss-reactive ketones (excluding diaryl/α,β-unsaturated/α-hetero) is 2. The summed E-state index contributed by atoms with van der Waals surface area (Å²) >= 11 is 0. The van der Waals surface area contributed by atoms with Crippen molar-refractivity contribution in [2.45, 2.75) is 72.1 Å². The topological polar surface area (TPSA) is 46.6 Å². The minimum Gasteiger partial charge on any atom is -0.492 e. The molecule has 0 saturated heterocycles. The Hall–Kier alpha value is -2.72. The quantitative estimate of drug-likeness (QED) is 0.390. The largest absolute Gasteiger partial charge is 0.492 e. The third-order valence-corrected chi connectivity index (χ3v) is 7.78. The van der Waals surface area contributed by atoms with E-state index in [9.17, 15) is 9.59 Å². The Morgan fingerprint density at radius 2 is 1.77 bits per heavy atom. The molecular weight excluding hydrogens is 434 g/mol. The van der Waals surface area contributed by atoms with Crippen LogP contribution < -0.4 is 4.74 Å². The van der Waals surface area contributed by atoms with Crippen LogP contribution in [0.5, 0.6) is 5.75 Å². The summed E-state index contributed by atoms with van der Waals surface area (Å²) in [6, 6.07) is 12.2. The molecule has 0 saturated carbocycles. The van der Waals surface area contributed by atoms with E-state index >= 15 is 0 Å². The fourth-order valence-electron chi connectivity index (χ4n) is 5.53. The van der Waals surface area contributed by atoms with Crippen molar-refractivity contribution < 1.29 is 14.3 Å². The summed E-state index contributed by atoms with van der Waals surface area (Å²) in [5, 5.41) is 0. The number of hydrogen-bond acceptors (Lipinski definition) is 4. The molecule has 0 heterocycles. The number of rotatable bonds is 11. The van der Waals surface area contributed by atoms with Crippen LogP contribution in [0, 0.1) is 0 Å². The van der Waals surface area contributed by atoms with E-state index in [2.05, 4.69) is 57.7 Å². The van der Waals surface area contributed by atoms with Gasteiger partial charge < -0.3 is 9.64 Å². The average molecular weight is 474 g/mol. The van der Waals surface area contributed by atoms with E-state index < -0.39 is 0 Å². The van der Waals surface area contributed by atoms with Crippen LogP contribution >= 0.6 is 0 Å². The van der Waals surface area contributed by atoms with Crippen molar-refractivity contribution in [1.82, 2.24) is 4.90 Å². The Kier molecular flexibility index (Phi) is 7.61. The highest BCUT2D eigenvalue weighted by atomic mass is 16.5. The van der Waals surface area contributed by atoms with Gasteiger partial charge in [0.1, 0.15) is 18.1 Å². The molecule has 2 aliphatic rings. The molecule has 35 heavy (non-hydrogen) atoms. The Morgan fingerprint density at radius 3 is 2.49 bits per heavy atom. The smallest absolute Gasteiger partial charge is 0.193 e. The predicted molar refractivity (Wildman–Crippen MR) is 142 cm³/mol. The maximum absolute atomic E-state index is 13.7. The summed E-state index contributed by atoms with van der Waals surface area (Å²) in [4.78, 5) is 28.3. The van der Waals surface area contributed by atoms with Crippen LogP contribution in [0.1, 0.15) is 86.5 Å². The van der Waals surface area contributed by atoms with Gasteiger partial charge in [-0.2, -0.15) is 0 Å². The van der Waals surface area contributed by atoms with Crippen molar-refractivity contribution in [2.24, 2.45) is 0 Å². The molecule has 0 unspecified atom stereocenters. The third-order valence-electron chi connectivity index (χ3n) is 7.78. The molecule has 4 rings (SSSR count). The molecule has 186 valence electrons. The average Bonchev–Trinajstić information content (AvgIpc) is 3.24. The second-order valence-electron chi connectivity index (χ2n) is 10.4. The highest BCUT2D eigenvalue weighted by molar-refractivity contribution is 6.33. The monoisotopic (exact) mass is 473 g/mol. The minimum atomic E-state index is -0.271. The molecule has 4 nitrogen and oxygen atoms in total. The Balaban J connectivity index is 1.56. The Bertz CT molecular complexity index is 1150. The second kappa shape index (κ2) is 10.5. The van der Waals surface area contributed by atoms with Gasteiger partial charge in [-0.25, -0.2) is 0 Å². The Morgan fingerprint density at radius 1 is 1.03 bits per heavy atom. The van der Waals surface area contributed by atoms with Crippen molar-refractivity contribution in [3.8, 4) is 5.75 Å². The van der Waals surface area contributed by atoms with E-state index in [0.29, 0.717) is 25.2 Å². The molecule has 0 N–H and O–H groups in total. The van der Waals surface area contributed by atoms with E-state index in [1.807, 2.05) is 18.2 Å². The first kappa shape index (κ1) is 25.4. The van der Waals surface area contributed by atoms with Crippen LogP contribution in [-0.4, -0.2) is 42.7 Å². The number of carbonyl (C=O) groups is 2. The summed E-state index contributed by atoms with van der Waals surface area (Å²) in [7, 11) is 0. The maximum atomic E-state index is 13.7. The van der Waals surface area contributed by atoms with Gasteiger partial charge in [0.2, 0.25) is 0 Å². The number of benzene rings is 2. The van der Waals surface area contributed by atoms with Crippen molar-refractivity contribution in [3.63, 3.8) is 0 Å². The second-order valence-corrected chi connectivity index (χ2v) is 10.4. The maximum Gasteiger partial charge on any atom is 0.193 e. The minimum absolute atomic E-state index is 0.106. The molecule has 0 radical (unpaired) electrons. The third kappa shape index (κ3) is 4.99. The molecule has 0 aliphatic heterocycles. The molecule has 0 spiro atoms. The molecule has 0 atom stereocenters. The van der Waals surface area contributed by atoms with Crippen molar-refractivity contribution >= 4 is 17.1 Å². The lowest BCUT2D eigenvalue weighted by Crippen LogP contribution is -2.30. The summed E-state index contributed by atoms with van der Waals surface area (Å²) in [5.41, 5.74) is 6.84. The first-order chi connectivity index (χ1) is 16.8. The van der Waals surface area contributed by atoms with Crippen molar-refractivity contribution in [2.75, 3.05) is 26.2 Å². The molecule has 2 aromatic carbocycles. The highest BCUT2D eigenvalue weighted by Crippen LogP contribution is 2.50. The zero-order valence-electron chi connectivity index (χ0n) is 22.0. The summed E-state index contributed by atoms with van der Waals surface area (Å²) < 4.78 is 6.09. The SMILES string of the molecule is CCCCC(=O)Cc1ccc2c(c1)CC1=C2C(=O)c2ccc(OCCN(CC)CC)cc2C1(C)C. The number of ketones is 2.